The summed E-state index contributed by atoms with van der Waals surface area (Å²) < 4.78 is 26.8. The maximum atomic E-state index is 10.8. The van der Waals surface area contributed by atoms with E-state index in [2.05, 4.69) is 0 Å². The number of aliphatic carboxylic acids is 1. The quantitative estimate of drug-likeness (QED) is 0.658. The highest BCUT2D eigenvalue weighted by molar-refractivity contribution is 5.68. The monoisotopic (exact) mass is 362 g/mol. The molecule has 0 aliphatic rings. The van der Waals surface area contributed by atoms with Gasteiger partial charge in [-0.05, 0) is 48.5 Å². The van der Waals surface area contributed by atoms with E-state index in [9.17, 15) is 4.79 Å². The molecule has 0 atom stereocenters. The summed E-state index contributed by atoms with van der Waals surface area (Å²) in [5.41, 5.74) is 0. The molecule has 0 saturated heterocycles. The van der Waals surface area contributed by atoms with Crippen molar-refractivity contribution in [2.45, 2.75) is 6.10 Å². The molecule has 0 fully saturated rings. The van der Waals surface area contributed by atoms with Crippen molar-refractivity contribution < 1.29 is 33.6 Å². The first kappa shape index (κ1) is 19.4. The number of carboxylic acids is 1. The highest BCUT2D eigenvalue weighted by atomic mass is 16.6. The van der Waals surface area contributed by atoms with Gasteiger partial charge >= 0.3 is 5.97 Å². The van der Waals surface area contributed by atoms with E-state index >= 15 is 0 Å². The van der Waals surface area contributed by atoms with Gasteiger partial charge < -0.3 is 28.8 Å². The fraction of sp³-hybridized carbons (Fsp3) is 0.316. The molecule has 0 aliphatic carbocycles. The number of benzene rings is 2. The Labute approximate surface area is 152 Å². The Morgan fingerprint density at radius 2 is 1.19 bits per heavy atom. The van der Waals surface area contributed by atoms with Gasteiger partial charge in [0.05, 0.1) is 14.2 Å². The van der Waals surface area contributed by atoms with Crippen LogP contribution in [-0.2, 0) is 9.53 Å². The normalized spacial score (nSPS) is 10.4. The Morgan fingerprint density at radius 1 is 0.808 bits per heavy atom. The van der Waals surface area contributed by atoms with Crippen molar-refractivity contribution in [2.24, 2.45) is 0 Å². The first-order valence-electron chi connectivity index (χ1n) is 7.98. The summed E-state index contributed by atoms with van der Waals surface area (Å²) >= 11 is 0. The molecule has 0 aliphatic heterocycles. The average molecular weight is 362 g/mol. The summed E-state index contributed by atoms with van der Waals surface area (Å²) in [7, 11) is 3.17. The van der Waals surface area contributed by atoms with E-state index in [4.69, 9.17) is 28.8 Å². The number of methoxy groups -OCH3 is 2. The lowest BCUT2D eigenvalue weighted by Crippen LogP contribution is -2.30. The summed E-state index contributed by atoms with van der Waals surface area (Å²) in [5.74, 6) is 1.64. The van der Waals surface area contributed by atoms with Crippen LogP contribution in [0.25, 0.3) is 0 Å². The fourth-order valence-electron chi connectivity index (χ4n) is 2.06. The third-order valence-electron chi connectivity index (χ3n) is 3.43. The third kappa shape index (κ3) is 6.52. The summed E-state index contributed by atoms with van der Waals surface area (Å²) in [6.45, 7) is -0.131. The second-order valence-electron chi connectivity index (χ2n) is 5.30. The molecular weight excluding hydrogens is 340 g/mol. The van der Waals surface area contributed by atoms with Crippen LogP contribution in [0.15, 0.2) is 48.5 Å². The van der Waals surface area contributed by atoms with E-state index in [1.54, 1.807) is 62.8 Å². The zero-order chi connectivity index (χ0) is 18.8. The minimum Gasteiger partial charge on any atom is -0.497 e. The lowest BCUT2D eigenvalue weighted by Gasteiger charge is -2.18. The van der Waals surface area contributed by atoms with Crippen molar-refractivity contribution >= 4 is 5.97 Å². The van der Waals surface area contributed by atoms with Gasteiger partial charge in [-0.2, -0.15) is 0 Å². The zero-order valence-electron chi connectivity index (χ0n) is 14.7. The first-order valence-corrected chi connectivity index (χ1v) is 7.98. The van der Waals surface area contributed by atoms with Crippen LogP contribution in [0.5, 0.6) is 23.0 Å². The number of carbonyl (C=O) groups is 1. The minimum atomic E-state index is -1.05. The third-order valence-corrected chi connectivity index (χ3v) is 3.43. The van der Waals surface area contributed by atoms with Crippen LogP contribution >= 0.6 is 0 Å². The van der Waals surface area contributed by atoms with E-state index in [1.807, 2.05) is 0 Å². The number of carboxylic acid groups (broad SMARTS) is 1. The fourth-order valence-corrected chi connectivity index (χ4v) is 2.06. The Bertz CT molecular complexity index is 616. The second-order valence-corrected chi connectivity index (χ2v) is 5.30. The van der Waals surface area contributed by atoms with Gasteiger partial charge in [0, 0.05) is 0 Å². The largest absolute Gasteiger partial charge is 0.497 e. The molecular formula is C19H22O7. The van der Waals surface area contributed by atoms with Gasteiger partial charge in [0.25, 0.3) is 0 Å². The standard InChI is InChI=1S/C19H22O7/c1-22-14-3-7-16(8-4-14)24-11-18(26-13-19(20)21)12-25-17-9-5-15(23-2)6-10-17/h3-10,18H,11-13H2,1-2H3,(H,20,21). The predicted octanol–water partition coefficient (Wildman–Crippen LogP) is 2.63. The van der Waals surface area contributed by atoms with Gasteiger partial charge in [-0.1, -0.05) is 0 Å². The zero-order valence-corrected chi connectivity index (χ0v) is 14.7. The van der Waals surface area contributed by atoms with Crippen molar-refractivity contribution in [3.63, 3.8) is 0 Å². The molecule has 0 aromatic heterocycles. The van der Waals surface area contributed by atoms with Crippen molar-refractivity contribution in [1.82, 2.24) is 0 Å². The van der Waals surface area contributed by atoms with Crippen LogP contribution < -0.4 is 18.9 Å². The Morgan fingerprint density at radius 3 is 1.54 bits per heavy atom. The molecule has 0 heterocycles. The van der Waals surface area contributed by atoms with E-state index in [1.165, 1.54) is 0 Å². The van der Waals surface area contributed by atoms with E-state index in [0.717, 1.165) is 11.5 Å². The summed E-state index contributed by atoms with van der Waals surface area (Å²) in [6.07, 6.45) is -0.546. The highest BCUT2D eigenvalue weighted by Gasteiger charge is 2.14. The first-order chi connectivity index (χ1) is 12.6. The second kappa shape index (κ2) is 10.1. The summed E-state index contributed by atoms with van der Waals surface area (Å²) in [5, 5.41) is 8.81. The number of hydrogen-bond donors (Lipinski definition) is 1. The van der Waals surface area contributed by atoms with Crippen molar-refractivity contribution in [3.8, 4) is 23.0 Å². The molecule has 7 nitrogen and oxygen atoms in total. The molecule has 0 unspecified atom stereocenters. The molecule has 140 valence electrons. The van der Waals surface area contributed by atoms with Gasteiger partial charge in [-0.3, -0.25) is 0 Å². The molecule has 0 spiro atoms. The molecule has 2 aromatic carbocycles. The predicted molar refractivity (Wildman–Crippen MR) is 94.4 cm³/mol. The van der Waals surface area contributed by atoms with E-state index in [-0.39, 0.29) is 13.2 Å². The maximum absolute atomic E-state index is 10.8. The van der Waals surface area contributed by atoms with Gasteiger partial charge in [0.2, 0.25) is 0 Å². The topological polar surface area (TPSA) is 83.5 Å². The molecule has 7 heteroatoms. The van der Waals surface area contributed by atoms with E-state index in [0.29, 0.717) is 11.5 Å². The molecule has 0 bridgehead atoms. The number of rotatable bonds is 11. The van der Waals surface area contributed by atoms with Gasteiger partial charge in [0.15, 0.2) is 0 Å². The molecule has 1 N–H and O–H groups in total. The smallest absolute Gasteiger partial charge is 0.329 e. The van der Waals surface area contributed by atoms with Crippen LogP contribution in [0, 0.1) is 0 Å². The summed E-state index contributed by atoms with van der Waals surface area (Å²) in [4.78, 5) is 10.8. The van der Waals surface area contributed by atoms with Gasteiger partial charge in [0.1, 0.15) is 48.9 Å². The molecule has 2 aromatic rings. The lowest BCUT2D eigenvalue weighted by atomic mass is 10.3. The molecule has 0 saturated carbocycles. The Kier molecular flexibility index (Phi) is 7.57. The van der Waals surface area contributed by atoms with Crippen LogP contribution in [0.1, 0.15) is 0 Å². The Balaban J connectivity index is 1.89. The van der Waals surface area contributed by atoms with Crippen LogP contribution in [-0.4, -0.2) is 51.2 Å². The van der Waals surface area contributed by atoms with Crippen molar-refractivity contribution in [3.05, 3.63) is 48.5 Å². The molecule has 0 amide bonds. The minimum absolute atomic E-state index is 0.149. The maximum Gasteiger partial charge on any atom is 0.329 e. The van der Waals surface area contributed by atoms with Gasteiger partial charge in [-0.15, -0.1) is 0 Å². The summed E-state index contributed by atoms with van der Waals surface area (Å²) in [6, 6.07) is 14.1. The molecule has 2 rings (SSSR count). The molecule has 0 radical (unpaired) electrons. The average Bonchev–Trinajstić information content (AvgIpc) is 2.68. The van der Waals surface area contributed by atoms with Crippen molar-refractivity contribution in [1.29, 1.82) is 0 Å². The Hall–Kier alpha value is -2.93. The number of ether oxygens (including phenoxy) is 5. The van der Waals surface area contributed by atoms with Crippen molar-refractivity contribution in [2.75, 3.05) is 34.0 Å². The SMILES string of the molecule is COc1ccc(OCC(COc2ccc(OC)cc2)OCC(=O)O)cc1. The van der Waals surface area contributed by atoms with Gasteiger partial charge in [-0.25, -0.2) is 4.79 Å². The van der Waals surface area contributed by atoms with Crippen LogP contribution in [0.4, 0.5) is 0 Å². The highest BCUT2D eigenvalue weighted by Crippen LogP contribution is 2.19. The van der Waals surface area contributed by atoms with Crippen LogP contribution in [0.2, 0.25) is 0 Å². The molecule has 26 heavy (non-hydrogen) atoms. The lowest BCUT2D eigenvalue weighted by molar-refractivity contribution is -0.145. The van der Waals surface area contributed by atoms with Crippen LogP contribution in [0.3, 0.4) is 0 Å². The van der Waals surface area contributed by atoms with E-state index < -0.39 is 18.7 Å². The number of hydrogen-bond acceptors (Lipinski definition) is 6.